The fourth-order valence-corrected chi connectivity index (χ4v) is 1.51. The SMILES string of the molecule is Fc1ccc(-c2[nH]ncc2I)nc1. The molecule has 0 spiro atoms. The maximum absolute atomic E-state index is 12.5. The molecule has 0 radical (unpaired) electrons. The monoisotopic (exact) mass is 289 g/mol. The van der Waals surface area contributed by atoms with E-state index >= 15 is 0 Å². The van der Waals surface area contributed by atoms with Crippen molar-refractivity contribution >= 4 is 22.6 Å². The molecule has 0 saturated heterocycles. The minimum atomic E-state index is -0.335. The van der Waals surface area contributed by atoms with Crippen LogP contribution >= 0.6 is 22.6 Å². The number of halogens is 2. The maximum Gasteiger partial charge on any atom is 0.141 e. The summed E-state index contributed by atoms with van der Waals surface area (Å²) in [4.78, 5) is 3.93. The van der Waals surface area contributed by atoms with Gasteiger partial charge >= 0.3 is 0 Å². The molecule has 5 heteroatoms. The van der Waals surface area contributed by atoms with Crippen molar-refractivity contribution in [1.82, 2.24) is 15.2 Å². The second-order valence-electron chi connectivity index (χ2n) is 2.45. The highest BCUT2D eigenvalue weighted by Crippen LogP contribution is 2.19. The van der Waals surface area contributed by atoms with Crippen molar-refractivity contribution in [3.63, 3.8) is 0 Å². The number of H-pyrrole nitrogens is 1. The van der Waals surface area contributed by atoms with Crippen LogP contribution in [-0.4, -0.2) is 15.2 Å². The molecule has 2 heterocycles. The minimum Gasteiger partial charge on any atom is -0.275 e. The van der Waals surface area contributed by atoms with Gasteiger partial charge in [-0.1, -0.05) is 0 Å². The Bertz CT molecular complexity index is 410. The first kappa shape index (κ1) is 8.61. The normalized spacial score (nSPS) is 10.3. The third kappa shape index (κ3) is 1.69. The molecule has 0 aromatic carbocycles. The molecule has 0 unspecified atom stereocenters. The predicted molar refractivity (Wildman–Crippen MR) is 54.5 cm³/mol. The lowest BCUT2D eigenvalue weighted by molar-refractivity contribution is 0.622. The topological polar surface area (TPSA) is 41.6 Å². The van der Waals surface area contributed by atoms with Crippen LogP contribution in [-0.2, 0) is 0 Å². The second kappa shape index (κ2) is 3.41. The van der Waals surface area contributed by atoms with Gasteiger partial charge in [0.2, 0.25) is 0 Å². The molecular formula is C8H5FIN3. The van der Waals surface area contributed by atoms with Crippen LogP contribution in [0, 0.1) is 9.39 Å². The summed E-state index contributed by atoms with van der Waals surface area (Å²) in [6, 6.07) is 2.99. The van der Waals surface area contributed by atoms with Crippen LogP contribution in [0.15, 0.2) is 24.5 Å². The lowest BCUT2D eigenvalue weighted by Crippen LogP contribution is -1.86. The Morgan fingerprint density at radius 2 is 2.15 bits per heavy atom. The number of pyridine rings is 1. The van der Waals surface area contributed by atoms with E-state index in [4.69, 9.17) is 0 Å². The molecule has 66 valence electrons. The first-order valence-electron chi connectivity index (χ1n) is 3.58. The molecule has 2 rings (SSSR count). The number of rotatable bonds is 1. The van der Waals surface area contributed by atoms with Crippen LogP contribution in [0.4, 0.5) is 4.39 Å². The minimum absolute atomic E-state index is 0.335. The van der Waals surface area contributed by atoms with Crippen LogP contribution in [0.1, 0.15) is 0 Å². The van der Waals surface area contributed by atoms with E-state index in [1.807, 2.05) is 0 Å². The van der Waals surface area contributed by atoms with Crippen LogP contribution < -0.4 is 0 Å². The van der Waals surface area contributed by atoms with Gasteiger partial charge < -0.3 is 0 Å². The molecule has 13 heavy (non-hydrogen) atoms. The van der Waals surface area contributed by atoms with Crippen LogP contribution in [0.25, 0.3) is 11.4 Å². The highest BCUT2D eigenvalue weighted by molar-refractivity contribution is 14.1. The third-order valence-electron chi connectivity index (χ3n) is 1.58. The zero-order valence-electron chi connectivity index (χ0n) is 6.46. The summed E-state index contributed by atoms with van der Waals surface area (Å²) in [6.45, 7) is 0. The maximum atomic E-state index is 12.5. The molecule has 0 saturated carbocycles. The average Bonchev–Trinajstić information content (AvgIpc) is 2.53. The zero-order valence-corrected chi connectivity index (χ0v) is 8.62. The first-order valence-corrected chi connectivity index (χ1v) is 4.66. The Balaban J connectivity index is 2.47. The summed E-state index contributed by atoms with van der Waals surface area (Å²) in [5.41, 5.74) is 1.52. The molecule has 2 aromatic rings. The number of aromatic amines is 1. The molecule has 0 aliphatic rings. The van der Waals surface area contributed by atoms with E-state index in [0.29, 0.717) is 5.69 Å². The van der Waals surface area contributed by atoms with Gasteiger partial charge in [-0.3, -0.25) is 10.1 Å². The van der Waals surface area contributed by atoms with Crippen LogP contribution in [0.3, 0.4) is 0 Å². The van der Waals surface area contributed by atoms with E-state index in [1.165, 1.54) is 12.3 Å². The fraction of sp³-hybridized carbons (Fsp3) is 0. The van der Waals surface area contributed by atoms with E-state index in [1.54, 1.807) is 12.3 Å². The van der Waals surface area contributed by atoms with Gasteiger partial charge in [-0.2, -0.15) is 5.10 Å². The Labute approximate surface area is 87.5 Å². The molecule has 0 atom stereocenters. The van der Waals surface area contributed by atoms with Crippen molar-refractivity contribution in [2.75, 3.05) is 0 Å². The molecule has 0 bridgehead atoms. The van der Waals surface area contributed by atoms with Gasteiger partial charge in [-0.25, -0.2) is 4.39 Å². The quantitative estimate of drug-likeness (QED) is 0.818. The summed E-state index contributed by atoms with van der Waals surface area (Å²) in [5, 5.41) is 6.65. The van der Waals surface area contributed by atoms with E-state index in [0.717, 1.165) is 9.26 Å². The summed E-state index contributed by atoms with van der Waals surface area (Å²) in [6.07, 6.45) is 2.88. The average molecular weight is 289 g/mol. The Hall–Kier alpha value is -0.980. The van der Waals surface area contributed by atoms with Crippen molar-refractivity contribution < 1.29 is 4.39 Å². The number of nitrogens with zero attached hydrogens (tertiary/aromatic N) is 2. The van der Waals surface area contributed by atoms with E-state index in [-0.39, 0.29) is 5.82 Å². The second-order valence-corrected chi connectivity index (χ2v) is 3.62. The Morgan fingerprint density at radius 1 is 1.31 bits per heavy atom. The van der Waals surface area contributed by atoms with Crippen LogP contribution in [0.2, 0.25) is 0 Å². The number of hydrogen-bond donors (Lipinski definition) is 1. The highest BCUT2D eigenvalue weighted by atomic mass is 127. The van der Waals surface area contributed by atoms with Gasteiger partial charge in [0.25, 0.3) is 0 Å². The summed E-state index contributed by atoms with van der Waals surface area (Å²) < 4.78 is 13.5. The highest BCUT2D eigenvalue weighted by Gasteiger charge is 2.05. The predicted octanol–water partition coefficient (Wildman–Crippen LogP) is 2.22. The third-order valence-corrected chi connectivity index (χ3v) is 2.39. The van der Waals surface area contributed by atoms with Gasteiger partial charge in [0, 0.05) is 0 Å². The van der Waals surface area contributed by atoms with Gasteiger partial charge in [0.15, 0.2) is 0 Å². The number of aromatic nitrogens is 3. The lowest BCUT2D eigenvalue weighted by Gasteiger charge is -1.96. The Kier molecular flexibility index (Phi) is 2.26. The van der Waals surface area contributed by atoms with Crippen LogP contribution in [0.5, 0.6) is 0 Å². The Morgan fingerprint density at radius 3 is 2.69 bits per heavy atom. The van der Waals surface area contributed by atoms with Crippen molar-refractivity contribution in [1.29, 1.82) is 0 Å². The molecular weight excluding hydrogens is 284 g/mol. The molecule has 1 N–H and O–H groups in total. The van der Waals surface area contributed by atoms with Crippen molar-refractivity contribution in [3.8, 4) is 11.4 Å². The molecule has 0 fully saturated rings. The standard InChI is InChI=1S/C8H5FIN3/c9-5-1-2-7(11-3-5)8-6(10)4-12-13-8/h1-4H,(H,12,13). The molecule has 3 nitrogen and oxygen atoms in total. The van der Waals surface area contributed by atoms with Crippen molar-refractivity contribution in [2.45, 2.75) is 0 Å². The van der Waals surface area contributed by atoms with Gasteiger partial charge in [-0.15, -0.1) is 0 Å². The van der Waals surface area contributed by atoms with Gasteiger partial charge in [0.05, 0.1) is 27.4 Å². The van der Waals surface area contributed by atoms with Gasteiger partial charge in [0.1, 0.15) is 5.82 Å². The van der Waals surface area contributed by atoms with Gasteiger partial charge in [-0.05, 0) is 34.7 Å². The lowest BCUT2D eigenvalue weighted by atomic mass is 10.3. The number of hydrogen-bond acceptors (Lipinski definition) is 2. The first-order chi connectivity index (χ1) is 6.27. The summed E-state index contributed by atoms with van der Waals surface area (Å²) >= 11 is 2.14. The molecule has 0 amide bonds. The molecule has 0 aliphatic carbocycles. The summed E-state index contributed by atoms with van der Waals surface area (Å²) in [5.74, 6) is -0.335. The number of nitrogens with one attached hydrogen (secondary N) is 1. The van der Waals surface area contributed by atoms with E-state index in [2.05, 4.69) is 37.8 Å². The molecule has 2 aromatic heterocycles. The van der Waals surface area contributed by atoms with E-state index in [9.17, 15) is 4.39 Å². The summed E-state index contributed by atoms with van der Waals surface area (Å²) in [7, 11) is 0. The van der Waals surface area contributed by atoms with E-state index < -0.39 is 0 Å². The molecule has 0 aliphatic heterocycles. The smallest absolute Gasteiger partial charge is 0.141 e. The van der Waals surface area contributed by atoms with Crippen molar-refractivity contribution in [3.05, 3.63) is 33.9 Å². The fourth-order valence-electron chi connectivity index (χ4n) is 0.975. The largest absolute Gasteiger partial charge is 0.275 e. The van der Waals surface area contributed by atoms with Crippen molar-refractivity contribution in [2.24, 2.45) is 0 Å². The zero-order chi connectivity index (χ0) is 9.26.